The molecule has 0 aliphatic carbocycles. The Bertz CT molecular complexity index is 322. The van der Waals surface area contributed by atoms with Gasteiger partial charge in [-0.15, -0.1) is 0 Å². The van der Waals surface area contributed by atoms with E-state index in [9.17, 15) is 0 Å². The minimum atomic E-state index is -0.0519. The lowest BCUT2D eigenvalue weighted by Crippen LogP contribution is -2.33. The summed E-state index contributed by atoms with van der Waals surface area (Å²) < 4.78 is 5.37. The Balaban J connectivity index is 2.15. The first-order valence-corrected chi connectivity index (χ1v) is 5.54. The van der Waals surface area contributed by atoms with Crippen molar-refractivity contribution >= 4 is 6.01 Å². The van der Waals surface area contributed by atoms with Crippen molar-refractivity contribution < 1.29 is 9.52 Å². The van der Waals surface area contributed by atoms with Gasteiger partial charge in [0.05, 0.1) is 6.61 Å². The van der Waals surface area contributed by atoms with Gasteiger partial charge in [0, 0.05) is 12.6 Å². The standard InChI is InChI=1S/C11H18N2O2/c1-8(2)10-4-3-5-13(10)11-12-9(6-14)7-15-11/h7-8,10,14H,3-6H2,1-2H3. The minimum absolute atomic E-state index is 0.0519. The molecule has 2 rings (SSSR count). The Morgan fingerprint density at radius 2 is 2.47 bits per heavy atom. The third kappa shape index (κ3) is 2.00. The van der Waals surface area contributed by atoms with E-state index in [1.165, 1.54) is 19.1 Å². The zero-order valence-electron chi connectivity index (χ0n) is 9.31. The molecule has 4 nitrogen and oxygen atoms in total. The first-order chi connectivity index (χ1) is 7.22. The van der Waals surface area contributed by atoms with Crippen molar-refractivity contribution in [3.05, 3.63) is 12.0 Å². The molecule has 1 saturated heterocycles. The van der Waals surface area contributed by atoms with Gasteiger partial charge < -0.3 is 14.4 Å². The van der Waals surface area contributed by atoms with E-state index in [-0.39, 0.29) is 6.61 Å². The van der Waals surface area contributed by atoms with E-state index in [0.29, 0.717) is 23.7 Å². The maximum Gasteiger partial charge on any atom is 0.297 e. The van der Waals surface area contributed by atoms with E-state index in [0.717, 1.165) is 6.54 Å². The molecule has 2 heterocycles. The summed E-state index contributed by atoms with van der Waals surface area (Å²) in [5.41, 5.74) is 0.611. The van der Waals surface area contributed by atoms with E-state index in [1.807, 2.05) is 0 Å². The Hall–Kier alpha value is -1.03. The van der Waals surface area contributed by atoms with Crippen LogP contribution in [-0.4, -0.2) is 22.7 Å². The molecule has 0 amide bonds. The quantitative estimate of drug-likeness (QED) is 0.826. The van der Waals surface area contributed by atoms with Crippen molar-refractivity contribution in [3.8, 4) is 0 Å². The molecule has 1 fully saturated rings. The number of aliphatic hydroxyl groups is 1. The topological polar surface area (TPSA) is 49.5 Å². The number of oxazole rings is 1. The summed E-state index contributed by atoms with van der Waals surface area (Å²) in [6, 6.07) is 1.19. The summed E-state index contributed by atoms with van der Waals surface area (Å²) in [7, 11) is 0. The van der Waals surface area contributed by atoms with Crippen LogP contribution in [0.15, 0.2) is 10.7 Å². The van der Waals surface area contributed by atoms with E-state index < -0.39 is 0 Å². The zero-order valence-corrected chi connectivity index (χ0v) is 9.31. The second kappa shape index (κ2) is 4.23. The lowest BCUT2D eigenvalue weighted by molar-refractivity contribution is 0.276. The highest BCUT2D eigenvalue weighted by molar-refractivity contribution is 5.31. The highest BCUT2D eigenvalue weighted by Gasteiger charge is 2.30. The second-order valence-corrected chi connectivity index (χ2v) is 4.43. The minimum Gasteiger partial charge on any atom is -0.432 e. The lowest BCUT2D eigenvalue weighted by Gasteiger charge is -2.25. The fourth-order valence-electron chi connectivity index (χ4n) is 2.22. The maximum absolute atomic E-state index is 8.93. The van der Waals surface area contributed by atoms with Gasteiger partial charge in [0.25, 0.3) is 6.01 Å². The van der Waals surface area contributed by atoms with E-state index in [2.05, 4.69) is 23.7 Å². The number of anilines is 1. The van der Waals surface area contributed by atoms with Crippen molar-refractivity contribution in [2.75, 3.05) is 11.4 Å². The molecule has 1 atom stereocenters. The van der Waals surface area contributed by atoms with Crippen LogP contribution >= 0.6 is 0 Å². The fraction of sp³-hybridized carbons (Fsp3) is 0.727. The van der Waals surface area contributed by atoms with Crippen LogP contribution in [0.5, 0.6) is 0 Å². The molecule has 15 heavy (non-hydrogen) atoms. The van der Waals surface area contributed by atoms with Gasteiger partial charge in [0.15, 0.2) is 0 Å². The van der Waals surface area contributed by atoms with Crippen LogP contribution in [0, 0.1) is 5.92 Å². The summed E-state index contributed by atoms with van der Waals surface area (Å²) in [4.78, 5) is 6.46. The summed E-state index contributed by atoms with van der Waals surface area (Å²) >= 11 is 0. The number of aliphatic hydroxyl groups excluding tert-OH is 1. The van der Waals surface area contributed by atoms with E-state index in [1.54, 1.807) is 0 Å². The molecule has 1 aromatic rings. The molecule has 1 aliphatic heterocycles. The smallest absolute Gasteiger partial charge is 0.297 e. The SMILES string of the molecule is CC(C)C1CCCN1c1nc(CO)co1. The normalized spacial score (nSPS) is 21.6. The fourth-order valence-corrected chi connectivity index (χ4v) is 2.22. The van der Waals surface area contributed by atoms with Gasteiger partial charge in [0.1, 0.15) is 12.0 Å². The molecule has 1 aromatic heterocycles. The Labute approximate surface area is 89.9 Å². The predicted molar refractivity (Wildman–Crippen MR) is 57.6 cm³/mol. The number of hydrogen-bond donors (Lipinski definition) is 1. The van der Waals surface area contributed by atoms with E-state index in [4.69, 9.17) is 9.52 Å². The molecule has 0 spiro atoms. The molecular formula is C11H18N2O2. The highest BCUT2D eigenvalue weighted by Crippen LogP contribution is 2.28. The Morgan fingerprint density at radius 3 is 3.07 bits per heavy atom. The monoisotopic (exact) mass is 210 g/mol. The molecule has 84 valence electrons. The Kier molecular flexibility index (Phi) is 2.95. The van der Waals surface area contributed by atoms with Crippen LogP contribution in [0.1, 0.15) is 32.4 Å². The first kappa shape index (κ1) is 10.5. The van der Waals surface area contributed by atoms with Crippen LogP contribution in [0.2, 0.25) is 0 Å². The molecule has 4 heteroatoms. The van der Waals surface area contributed by atoms with Gasteiger partial charge in [-0.1, -0.05) is 13.8 Å². The summed E-state index contributed by atoms with van der Waals surface area (Å²) in [5.74, 6) is 0.608. The highest BCUT2D eigenvalue weighted by atomic mass is 16.4. The number of hydrogen-bond acceptors (Lipinski definition) is 4. The van der Waals surface area contributed by atoms with Gasteiger partial charge in [-0.3, -0.25) is 0 Å². The number of nitrogens with zero attached hydrogens (tertiary/aromatic N) is 2. The van der Waals surface area contributed by atoms with Gasteiger partial charge in [0.2, 0.25) is 0 Å². The predicted octanol–water partition coefficient (Wildman–Crippen LogP) is 1.79. The average molecular weight is 210 g/mol. The van der Waals surface area contributed by atoms with Crippen LogP contribution in [0.25, 0.3) is 0 Å². The van der Waals surface area contributed by atoms with Gasteiger partial charge in [-0.25, -0.2) is 0 Å². The van der Waals surface area contributed by atoms with Crippen molar-refractivity contribution in [2.45, 2.75) is 39.3 Å². The molecule has 0 aromatic carbocycles. The molecule has 1 unspecified atom stereocenters. The van der Waals surface area contributed by atoms with Crippen molar-refractivity contribution in [1.29, 1.82) is 0 Å². The van der Waals surface area contributed by atoms with Gasteiger partial charge >= 0.3 is 0 Å². The van der Waals surface area contributed by atoms with Crippen LogP contribution in [0.4, 0.5) is 6.01 Å². The second-order valence-electron chi connectivity index (χ2n) is 4.43. The van der Waals surface area contributed by atoms with Crippen molar-refractivity contribution in [2.24, 2.45) is 5.92 Å². The average Bonchev–Trinajstić information content (AvgIpc) is 2.85. The van der Waals surface area contributed by atoms with Crippen LogP contribution in [0.3, 0.4) is 0 Å². The summed E-state index contributed by atoms with van der Waals surface area (Å²) in [5, 5.41) is 8.93. The molecule has 0 saturated carbocycles. The van der Waals surface area contributed by atoms with Crippen molar-refractivity contribution in [3.63, 3.8) is 0 Å². The number of aromatic nitrogens is 1. The zero-order chi connectivity index (χ0) is 10.8. The third-order valence-corrected chi connectivity index (χ3v) is 3.02. The maximum atomic E-state index is 8.93. The Morgan fingerprint density at radius 1 is 1.67 bits per heavy atom. The largest absolute Gasteiger partial charge is 0.432 e. The summed E-state index contributed by atoms with van der Waals surface area (Å²) in [6.45, 7) is 5.40. The third-order valence-electron chi connectivity index (χ3n) is 3.02. The lowest BCUT2D eigenvalue weighted by atomic mass is 10.0. The molecular weight excluding hydrogens is 192 g/mol. The van der Waals surface area contributed by atoms with Crippen LogP contribution in [-0.2, 0) is 6.61 Å². The summed E-state index contributed by atoms with van der Waals surface area (Å²) in [6.07, 6.45) is 3.93. The van der Waals surface area contributed by atoms with Gasteiger partial charge in [-0.05, 0) is 18.8 Å². The van der Waals surface area contributed by atoms with Gasteiger partial charge in [-0.2, -0.15) is 4.98 Å². The van der Waals surface area contributed by atoms with E-state index >= 15 is 0 Å². The van der Waals surface area contributed by atoms with Crippen LogP contribution < -0.4 is 4.90 Å². The molecule has 0 bridgehead atoms. The first-order valence-electron chi connectivity index (χ1n) is 5.54. The number of rotatable bonds is 3. The molecule has 0 radical (unpaired) electrons. The molecule has 1 aliphatic rings. The molecule has 1 N–H and O–H groups in total. The van der Waals surface area contributed by atoms with Crippen molar-refractivity contribution in [1.82, 2.24) is 4.98 Å².